The lowest BCUT2D eigenvalue weighted by atomic mass is 9.98. The molecular weight excluding hydrogens is 284 g/mol. The smallest absolute Gasteiger partial charge is 0.311 e. The zero-order valence-corrected chi connectivity index (χ0v) is 13.6. The van der Waals surface area contributed by atoms with Gasteiger partial charge in [-0.15, -0.1) is 0 Å². The van der Waals surface area contributed by atoms with Gasteiger partial charge in [0, 0.05) is 36.8 Å². The van der Waals surface area contributed by atoms with E-state index in [0.29, 0.717) is 11.7 Å². The first-order valence-corrected chi connectivity index (χ1v) is 7.52. The number of ether oxygens (including phenoxy) is 1. The van der Waals surface area contributed by atoms with Gasteiger partial charge in [-0.2, -0.15) is 4.98 Å². The fourth-order valence-corrected chi connectivity index (χ4v) is 2.69. The highest BCUT2D eigenvalue weighted by Crippen LogP contribution is 2.28. The van der Waals surface area contributed by atoms with E-state index in [0.717, 1.165) is 25.9 Å². The molecule has 0 unspecified atom stereocenters. The van der Waals surface area contributed by atoms with E-state index in [1.807, 2.05) is 0 Å². The van der Waals surface area contributed by atoms with E-state index in [2.05, 4.69) is 36.0 Å². The van der Waals surface area contributed by atoms with Crippen LogP contribution in [0.3, 0.4) is 0 Å². The van der Waals surface area contributed by atoms with Crippen LogP contribution >= 0.6 is 0 Å². The van der Waals surface area contributed by atoms with Crippen molar-refractivity contribution < 1.29 is 9.66 Å². The van der Waals surface area contributed by atoms with Crippen LogP contribution in [0.1, 0.15) is 33.6 Å². The Labute approximate surface area is 130 Å². The zero-order valence-electron chi connectivity index (χ0n) is 13.6. The molecule has 0 spiro atoms. The molecule has 0 saturated carbocycles. The van der Waals surface area contributed by atoms with Gasteiger partial charge in [0.1, 0.15) is 0 Å². The van der Waals surface area contributed by atoms with Crippen LogP contribution < -0.4 is 10.1 Å². The van der Waals surface area contributed by atoms with Crippen molar-refractivity contribution in [2.45, 2.75) is 45.2 Å². The van der Waals surface area contributed by atoms with E-state index < -0.39 is 4.92 Å². The van der Waals surface area contributed by atoms with Crippen LogP contribution in [0.15, 0.2) is 12.1 Å². The number of aromatic nitrogens is 1. The second-order valence-corrected chi connectivity index (χ2v) is 6.55. The lowest BCUT2D eigenvalue weighted by molar-refractivity contribution is -0.384. The number of nitrogens with one attached hydrogen (secondary N) is 1. The fraction of sp³-hybridized carbons (Fsp3) is 0.667. The van der Waals surface area contributed by atoms with Crippen LogP contribution in [0.2, 0.25) is 0 Å². The molecule has 2 heterocycles. The first-order valence-electron chi connectivity index (χ1n) is 7.52. The van der Waals surface area contributed by atoms with Crippen LogP contribution in [0.5, 0.6) is 5.88 Å². The van der Waals surface area contributed by atoms with E-state index in [1.54, 1.807) is 0 Å². The molecule has 7 heteroatoms. The molecule has 1 N–H and O–H groups in total. The number of nitrogens with zero attached hydrogens (tertiary/aromatic N) is 3. The Bertz CT molecular complexity index is 534. The minimum absolute atomic E-state index is 0.0148. The number of hydrogen-bond donors (Lipinski definition) is 1. The third-order valence-corrected chi connectivity index (χ3v) is 4.04. The van der Waals surface area contributed by atoms with Crippen molar-refractivity contribution in [2.24, 2.45) is 0 Å². The highest BCUT2D eigenvalue weighted by atomic mass is 16.6. The average Bonchev–Trinajstić information content (AvgIpc) is 2.46. The molecule has 122 valence electrons. The molecule has 0 aliphatic carbocycles. The van der Waals surface area contributed by atoms with Gasteiger partial charge in [0.2, 0.25) is 11.7 Å². The third kappa shape index (κ3) is 3.85. The molecule has 1 aliphatic heterocycles. The lowest BCUT2D eigenvalue weighted by Crippen LogP contribution is -2.48. The predicted molar refractivity (Wildman–Crippen MR) is 85.4 cm³/mol. The summed E-state index contributed by atoms with van der Waals surface area (Å²) in [6, 6.07) is 3.13. The summed E-state index contributed by atoms with van der Waals surface area (Å²) >= 11 is 0. The molecular formula is C15H24N4O3. The van der Waals surface area contributed by atoms with Gasteiger partial charge in [0.25, 0.3) is 0 Å². The largest absolute Gasteiger partial charge is 0.481 e. The highest BCUT2D eigenvalue weighted by Gasteiger charge is 2.28. The molecule has 2 rings (SSSR count). The van der Waals surface area contributed by atoms with Gasteiger partial charge in [0.15, 0.2) is 0 Å². The van der Waals surface area contributed by atoms with Crippen LogP contribution in [-0.2, 0) is 0 Å². The summed E-state index contributed by atoms with van der Waals surface area (Å²) in [5, 5.41) is 14.3. The lowest BCUT2D eigenvalue weighted by Gasteiger charge is -2.41. The van der Waals surface area contributed by atoms with Gasteiger partial charge >= 0.3 is 5.69 Å². The van der Waals surface area contributed by atoms with Gasteiger partial charge < -0.3 is 10.1 Å². The minimum Gasteiger partial charge on any atom is -0.481 e. The Hall–Kier alpha value is -1.89. The van der Waals surface area contributed by atoms with Crippen molar-refractivity contribution in [1.29, 1.82) is 0 Å². The molecule has 22 heavy (non-hydrogen) atoms. The molecule has 1 saturated heterocycles. The number of pyridine rings is 1. The normalized spacial score (nSPS) is 17.3. The summed E-state index contributed by atoms with van der Waals surface area (Å²) in [5.74, 6) is 0.666. The molecule has 1 aromatic heterocycles. The molecule has 1 aromatic rings. The number of methoxy groups -OCH3 is 1. The molecule has 0 atom stereocenters. The summed E-state index contributed by atoms with van der Waals surface area (Å²) in [6.07, 6.45) is 1.88. The Morgan fingerprint density at radius 1 is 1.36 bits per heavy atom. The summed E-state index contributed by atoms with van der Waals surface area (Å²) < 4.78 is 5.06. The maximum absolute atomic E-state index is 11.1. The Kier molecular flexibility index (Phi) is 4.85. The topological polar surface area (TPSA) is 80.5 Å². The van der Waals surface area contributed by atoms with E-state index in [-0.39, 0.29) is 17.3 Å². The Morgan fingerprint density at radius 3 is 2.50 bits per heavy atom. The van der Waals surface area contributed by atoms with Crippen molar-refractivity contribution in [2.75, 3.05) is 25.5 Å². The monoisotopic (exact) mass is 308 g/mol. The van der Waals surface area contributed by atoms with E-state index in [9.17, 15) is 10.1 Å². The first-order chi connectivity index (χ1) is 10.3. The molecule has 0 bridgehead atoms. The van der Waals surface area contributed by atoms with E-state index in [1.165, 1.54) is 19.2 Å². The summed E-state index contributed by atoms with van der Waals surface area (Å²) in [7, 11) is 1.50. The van der Waals surface area contributed by atoms with Gasteiger partial charge in [-0.25, -0.2) is 0 Å². The summed E-state index contributed by atoms with van der Waals surface area (Å²) in [6.45, 7) is 8.55. The zero-order chi connectivity index (χ0) is 16.3. The van der Waals surface area contributed by atoms with Crippen LogP contribution in [0.4, 0.5) is 11.5 Å². The standard InChI is InChI=1S/C15H24N4O3/c1-15(2,3)18-9-7-11(8-10-18)16-14-12(19(20)21)5-6-13(17-14)22-4/h5-6,11H,7-10H2,1-4H3,(H,16,17). The van der Waals surface area contributed by atoms with Crippen molar-refractivity contribution >= 4 is 11.5 Å². The van der Waals surface area contributed by atoms with Crippen LogP contribution in [0, 0.1) is 10.1 Å². The number of anilines is 1. The first kappa shape index (κ1) is 16.5. The highest BCUT2D eigenvalue weighted by molar-refractivity contribution is 5.57. The number of rotatable bonds is 4. The second-order valence-electron chi connectivity index (χ2n) is 6.55. The Morgan fingerprint density at radius 2 is 2.00 bits per heavy atom. The number of hydrogen-bond acceptors (Lipinski definition) is 6. The minimum atomic E-state index is -0.418. The third-order valence-electron chi connectivity index (χ3n) is 4.04. The fourth-order valence-electron chi connectivity index (χ4n) is 2.69. The van der Waals surface area contributed by atoms with Gasteiger partial charge in [-0.3, -0.25) is 15.0 Å². The van der Waals surface area contributed by atoms with Gasteiger partial charge in [-0.05, 0) is 33.6 Å². The second kappa shape index (κ2) is 6.48. The predicted octanol–water partition coefficient (Wildman–Crippen LogP) is 2.67. The molecule has 0 radical (unpaired) electrons. The maximum atomic E-state index is 11.1. The van der Waals surface area contributed by atoms with Gasteiger partial charge in [-0.1, -0.05) is 0 Å². The Balaban J connectivity index is 2.07. The SMILES string of the molecule is COc1ccc([N+](=O)[O-])c(NC2CCN(C(C)(C)C)CC2)n1. The number of piperidine rings is 1. The average molecular weight is 308 g/mol. The van der Waals surface area contributed by atoms with Crippen molar-refractivity contribution in [3.8, 4) is 5.88 Å². The van der Waals surface area contributed by atoms with Crippen LogP contribution in [0.25, 0.3) is 0 Å². The molecule has 7 nitrogen and oxygen atoms in total. The number of nitro groups is 1. The quantitative estimate of drug-likeness (QED) is 0.680. The molecule has 1 aliphatic rings. The van der Waals surface area contributed by atoms with Crippen LogP contribution in [-0.4, -0.2) is 46.6 Å². The maximum Gasteiger partial charge on any atom is 0.311 e. The van der Waals surface area contributed by atoms with Crippen molar-refractivity contribution in [3.63, 3.8) is 0 Å². The van der Waals surface area contributed by atoms with E-state index >= 15 is 0 Å². The summed E-state index contributed by atoms with van der Waals surface area (Å²) in [5.41, 5.74) is 0.143. The van der Waals surface area contributed by atoms with E-state index in [4.69, 9.17) is 4.74 Å². The summed E-state index contributed by atoms with van der Waals surface area (Å²) in [4.78, 5) is 17.3. The molecule has 0 aromatic carbocycles. The van der Waals surface area contributed by atoms with Crippen molar-refractivity contribution in [3.05, 3.63) is 22.2 Å². The van der Waals surface area contributed by atoms with Gasteiger partial charge in [0.05, 0.1) is 12.0 Å². The van der Waals surface area contributed by atoms with Crippen molar-refractivity contribution in [1.82, 2.24) is 9.88 Å². The molecule has 0 amide bonds. The number of likely N-dealkylation sites (tertiary alicyclic amines) is 1. The molecule has 1 fully saturated rings.